The molecular weight excluding hydrogens is 220 g/mol. The molecule has 0 saturated heterocycles. The highest BCUT2D eigenvalue weighted by atomic mass is 15.2. The molecule has 96 valence electrons. The fourth-order valence-corrected chi connectivity index (χ4v) is 4.69. The summed E-state index contributed by atoms with van der Waals surface area (Å²) in [6.45, 7) is 0. The summed E-state index contributed by atoms with van der Waals surface area (Å²) in [4.78, 5) is 0. The highest BCUT2D eigenvalue weighted by Crippen LogP contribution is 2.60. The molecule has 0 aromatic heterocycles. The minimum absolute atomic E-state index is 0.554. The van der Waals surface area contributed by atoms with Gasteiger partial charge in [-0.25, -0.2) is 0 Å². The number of nitrogens with two attached hydrogens (primary N) is 1. The summed E-state index contributed by atoms with van der Waals surface area (Å²) in [5.41, 5.74) is 6.25. The second kappa shape index (κ2) is 4.07. The first kappa shape index (κ1) is 11.0. The fourth-order valence-electron chi connectivity index (χ4n) is 4.69. The Balaban J connectivity index is 1.43. The third-order valence-electron chi connectivity index (χ3n) is 5.65. The van der Waals surface area contributed by atoms with Crippen LogP contribution in [0.15, 0.2) is 24.3 Å². The van der Waals surface area contributed by atoms with Crippen molar-refractivity contribution in [3.05, 3.63) is 35.4 Å². The monoisotopic (exact) mass is 242 g/mol. The molecule has 2 fully saturated rings. The van der Waals surface area contributed by atoms with Gasteiger partial charge in [-0.2, -0.15) is 0 Å². The standard InChI is InChI=1S/C16H22N2/c17-18-15(16-13-6-3-7-14(13)16)9-11-8-10-4-1-2-5-12(10)11/h1-2,4-5,11,13-16,18H,3,6-9,17H2. The van der Waals surface area contributed by atoms with Gasteiger partial charge >= 0.3 is 0 Å². The first-order chi connectivity index (χ1) is 8.88. The molecule has 4 rings (SSSR count). The summed E-state index contributed by atoms with van der Waals surface area (Å²) in [5.74, 6) is 9.46. The number of rotatable bonds is 4. The lowest BCUT2D eigenvalue weighted by Gasteiger charge is -2.33. The van der Waals surface area contributed by atoms with Gasteiger partial charge in [-0.1, -0.05) is 30.7 Å². The summed E-state index contributed by atoms with van der Waals surface area (Å²) in [7, 11) is 0. The number of hydrogen-bond acceptors (Lipinski definition) is 2. The lowest BCUT2D eigenvalue weighted by Crippen LogP contribution is -2.40. The van der Waals surface area contributed by atoms with Crippen molar-refractivity contribution in [1.29, 1.82) is 0 Å². The minimum Gasteiger partial charge on any atom is -0.271 e. The van der Waals surface area contributed by atoms with E-state index in [1.807, 2.05) is 0 Å². The maximum atomic E-state index is 5.81. The van der Waals surface area contributed by atoms with Gasteiger partial charge < -0.3 is 0 Å². The maximum absolute atomic E-state index is 5.81. The Hall–Kier alpha value is -0.860. The van der Waals surface area contributed by atoms with Gasteiger partial charge in [-0.15, -0.1) is 0 Å². The van der Waals surface area contributed by atoms with Crippen LogP contribution in [-0.2, 0) is 6.42 Å². The first-order valence-electron chi connectivity index (χ1n) is 7.42. The Morgan fingerprint density at radius 1 is 1.22 bits per heavy atom. The van der Waals surface area contributed by atoms with Crippen LogP contribution in [-0.4, -0.2) is 6.04 Å². The molecule has 0 bridgehead atoms. The molecule has 1 aromatic carbocycles. The molecule has 3 aliphatic carbocycles. The Labute approximate surface area is 109 Å². The molecule has 0 spiro atoms. The van der Waals surface area contributed by atoms with Crippen molar-refractivity contribution >= 4 is 0 Å². The molecule has 2 nitrogen and oxygen atoms in total. The summed E-state index contributed by atoms with van der Waals surface area (Å²) in [5, 5.41) is 0. The lowest BCUT2D eigenvalue weighted by molar-refractivity contribution is 0.353. The van der Waals surface area contributed by atoms with Crippen LogP contribution >= 0.6 is 0 Å². The van der Waals surface area contributed by atoms with Gasteiger partial charge in [-0.3, -0.25) is 11.3 Å². The fraction of sp³-hybridized carbons (Fsp3) is 0.625. The van der Waals surface area contributed by atoms with Crippen LogP contribution < -0.4 is 11.3 Å². The van der Waals surface area contributed by atoms with E-state index in [1.54, 1.807) is 11.1 Å². The molecule has 0 aliphatic heterocycles. The summed E-state index contributed by atoms with van der Waals surface area (Å²) >= 11 is 0. The van der Waals surface area contributed by atoms with Crippen LogP contribution in [0, 0.1) is 17.8 Å². The van der Waals surface area contributed by atoms with Crippen molar-refractivity contribution in [2.24, 2.45) is 23.6 Å². The SMILES string of the molecule is NNC(CC1Cc2ccccc21)C1C2CCCC21. The molecule has 2 saturated carbocycles. The van der Waals surface area contributed by atoms with E-state index in [0.29, 0.717) is 6.04 Å². The maximum Gasteiger partial charge on any atom is 0.0250 e. The normalized spacial score (nSPS) is 37.6. The van der Waals surface area contributed by atoms with Crippen LogP contribution in [0.1, 0.15) is 42.7 Å². The van der Waals surface area contributed by atoms with Crippen molar-refractivity contribution < 1.29 is 0 Å². The highest BCUT2D eigenvalue weighted by molar-refractivity contribution is 5.40. The summed E-state index contributed by atoms with van der Waals surface area (Å²) in [6.07, 6.45) is 6.86. The van der Waals surface area contributed by atoms with E-state index in [0.717, 1.165) is 23.7 Å². The smallest absolute Gasteiger partial charge is 0.0250 e. The van der Waals surface area contributed by atoms with Crippen molar-refractivity contribution in [2.75, 3.05) is 0 Å². The van der Waals surface area contributed by atoms with E-state index in [2.05, 4.69) is 29.7 Å². The Kier molecular flexibility index (Phi) is 2.49. The van der Waals surface area contributed by atoms with Gasteiger partial charge in [-0.05, 0) is 60.5 Å². The molecule has 1 aromatic rings. The van der Waals surface area contributed by atoms with Crippen LogP contribution in [0.25, 0.3) is 0 Å². The first-order valence-corrected chi connectivity index (χ1v) is 7.42. The molecule has 18 heavy (non-hydrogen) atoms. The number of benzene rings is 1. The third-order valence-corrected chi connectivity index (χ3v) is 5.65. The van der Waals surface area contributed by atoms with Crippen LogP contribution in [0.4, 0.5) is 0 Å². The van der Waals surface area contributed by atoms with E-state index in [9.17, 15) is 0 Å². The molecule has 3 aliphatic rings. The van der Waals surface area contributed by atoms with Crippen molar-refractivity contribution in [1.82, 2.24) is 5.43 Å². The van der Waals surface area contributed by atoms with E-state index in [4.69, 9.17) is 5.84 Å². The molecular formula is C16H22N2. The van der Waals surface area contributed by atoms with E-state index in [-0.39, 0.29) is 0 Å². The van der Waals surface area contributed by atoms with Gasteiger partial charge in [0.15, 0.2) is 0 Å². The molecule has 2 heteroatoms. The number of fused-ring (bicyclic) bond motifs is 2. The molecule has 0 heterocycles. The number of hydrogen-bond donors (Lipinski definition) is 2. The predicted octanol–water partition coefficient (Wildman–Crippen LogP) is 2.59. The largest absolute Gasteiger partial charge is 0.271 e. The average Bonchev–Trinajstić information content (AvgIpc) is 2.84. The van der Waals surface area contributed by atoms with E-state index >= 15 is 0 Å². The number of hydrazine groups is 1. The molecule has 4 unspecified atom stereocenters. The Morgan fingerprint density at radius 3 is 2.72 bits per heavy atom. The Morgan fingerprint density at radius 2 is 2.00 bits per heavy atom. The second-order valence-electron chi connectivity index (χ2n) is 6.44. The highest BCUT2D eigenvalue weighted by Gasteiger charge is 2.55. The predicted molar refractivity (Wildman–Crippen MR) is 72.9 cm³/mol. The molecule has 4 atom stereocenters. The van der Waals surface area contributed by atoms with Gasteiger partial charge in [0.1, 0.15) is 0 Å². The molecule has 0 amide bonds. The number of nitrogens with one attached hydrogen (secondary N) is 1. The van der Waals surface area contributed by atoms with Crippen LogP contribution in [0.3, 0.4) is 0 Å². The zero-order chi connectivity index (χ0) is 12.1. The van der Waals surface area contributed by atoms with Crippen molar-refractivity contribution in [3.63, 3.8) is 0 Å². The van der Waals surface area contributed by atoms with E-state index < -0.39 is 0 Å². The third kappa shape index (κ3) is 1.55. The summed E-state index contributed by atoms with van der Waals surface area (Å²) < 4.78 is 0. The van der Waals surface area contributed by atoms with Crippen molar-refractivity contribution in [2.45, 2.75) is 44.1 Å². The summed E-state index contributed by atoms with van der Waals surface area (Å²) in [6, 6.07) is 9.44. The van der Waals surface area contributed by atoms with Gasteiger partial charge in [0, 0.05) is 6.04 Å². The molecule has 3 N–H and O–H groups in total. The lowest BCUT2D eigenvalue weighted by atomic mass is 9.73. The van der Waals surface area contributed by atoms with Crippen molar-refractivity contribution in [3.8, 4) is 0 Å². The quantitative estimate of drug-likeness (QED) is 0.629. The van der Waals surface area contributed by atoms with Crippen LogP contribution in [0.2, 0.25) is 0 Å². The topological polar surface area (TPSA) is 38.0 Å². The average molecular weight is 242 g/mol. The zero-order valence-corrected chi connectivity index (χ0v) is 10.8. The molecule has 0 radical (unpaired) electrons. The zero-order valence-electron chi connectivity index (χ0n) is 10.8. The minimum atomic E-state index is 0.554. The van der Waals surface area contributed by atoms with Gasteiger partial charge in [0.2, 0.25) is 0 Å². The van der Waals surface area contributed by atoms with Gasteiger partial charge in [0.25, 0.3) is 0 Å². The second-order valence-corrected chi connectivity index (χ2v) is 6.44. The Bertz CT molecular complexity index is 446. The van der Waals surface area contributed by atoms with Gasteiger partial charge in [0.05, 0.1) is 0 Å². The van der Waals surface area contributed by atoms with Crippen LogP contribution in [0.5, 0.6) is 0 Å². The van der Waals surface area contributed by atoms with E-state index in [1.165, 1.54) is 32.1 Å².